The van der Waals surface area contributed by atoms with Crippen LogP contribution in [-0.4, -0.2) is 17.5 Å². The Hall–Kier alpha value is -0.550. The van der Waals surface area contributed by atoms with Crippen LogP contribution in [0.15, 0.2) is 22.9 Å². The SMILES string of the molecule is NCCC1(c2ccc(Br)nc2)CCC(F)(F)CC1. The van der Waals surface area contributed by atoms with Crippen LogP contribution in [0.4, 0.5) is 8.78 Å². The first-order valence-corrected chi connectivity index (χ1v) is 6.97. The molecule has 0 bridgehead atoms. The molecule has 1 fully saturated rings. The lowest BCUT2D eigenvalue weighted by atomic mass is 9.67. The van der Waals surface area contributed by atoms with E-state index in [2.05, 4.69) is 20.9 Å². The van der Waals surface area contributed by atoms with Gasteiger partial charge in [0.1, 0.15) is 4.60 Å². The zero-order valence-electron chi connectivity index (χ0n) is 10.1. The van der Waals surface area contributed by atoms with Gasteiger partial charge < -0.3 is 5.73 Å². The lowest BCUT2D eigenvalue weighted by Gasteiger charge is -2.40. The molecule has 1 aliphatic carbocycles. The second-order valence-corrected chi connectivity index (χ2v) is 5.86. The maximum atomic E-state index is 13.3. The summed E-state index contributed by atoms with van der Waals surface area (Å²) < 4.78 is 27.4. The highest BCUT2D eigenvalue weighted by Gasteiger charge is 2.43. The molecule has 0 amide bonds. The zero-order valence-corrected chi connectivity index (χ0v) is 11.7. The van der Waals surface area contributed by atoms with Gasteiger partial charge >= 0.3 is 0 Å². The van der Waals surface area contributed by atoms with E-state index in [1.807, 2.05) is 12.1 Å². The van der Waals surface area contributed by atoms with E-state index in [1.54, 1.807) is 6.20 Å². The Bertz CT molecular complexity index is 396. The van der Waals surface area contributed by atoms with Gasteiger partial charge in [-0.1, -0.05) is 6.07 Å². The zero-order chi connectivity index (χ0) is 13.2. The summed E-state index contributed by atoms with van der Waals surface area (Å²) in [6.07, 6.45) is 3.39. The fourth-order valence-electron chi connectivity index (χ4n) is 2.74. The number of alkyl halides is 2. The normalized spacial score (nSPS) is 21.8. The fourth-order valence-corrected chi connectivity index (χ4v) is 2.98. The summed E-state index contributed by atoms with van der Waals surface area (Å²) in [5.41, 5.74) is 6.48. The fraction of sp³-hybridized carbons (Fsp3) is 0.615. The minimum atomic E-state index is -2.51. The Labute approximate surface area is 114 Å². The quantitative estimate of drug-likeness (QED) is 0.864. The topological polar surface area (TPSA) is 38.9 Å². The van der Waals surface area contributed by atoms with Crippen LogP contribution in [-0.2, 0) is 5.41 Å². The third-order valence-corrected chi connectivity index (χ3v) is 4.37. The van der Waals surface area contributed by atoms with E-state index in [0.29, 0.717) is 19.4 Å². The molecule has 2 nitrogen and oxygen atoms in total. The monoisotopic (exact) mass is 318 g/mol. The largest absolute Gasteiger partial charge is 0.330 e. The van der Waals surface area contributed by atoms with Gasteiger partial charge in [-0.3, -0.25) is 0 Å². The van der Waals surface area contributed by atoms with Crippen molar-refractivity contribution in [3.8, 4) is 0 Å². The average Bonchev–Trinajstić information content (AvgIpc) is 2.34. The number of nitrogens with zero attached hydrogens (tertiary/aromatic N) is 1. The Balaban J connectivity index is 2.25. The molecule has 0 aromatic carbocycles. The van der Waals surface area contributed by atoms with Gasteiger partial charge in [0.2, 0.25) is 5.92 Å². The Morgan fingerprint density at radius 1 is 1.22 bits per heavy atom. The van der Waals surface area contributed by atoms with Gasteiger partial charge in [-0.05, 0) is 58.8 Å². The molecule has 0 unspecified atom stereocenters. The van der Waals surface area contributed by atoms with Crippen molar-refractivity contribution < 1.29 is 8.78 Å². The van der Waals surface area contributed by atoms with Crippen LogP contribution in [0.1, 0.15) is 37.7 Å². The van der Waals surface area contributed by atoms with Crippen molar-refractivity contribution in [1.29, 1.82) is 0 Å². The van der Waals surface area contributed by atoms with Gasteiger partial charge in [0.15, 0.2) is 0 Å². The summed E-state index contributed by atoms with van der Waals surface area (Å²) in [5, 5.41) is 0. The van der Waals surface area contributed by atoms with Gasteiger partial charge in [-0.15, -0.1) is 0 Å². The Morgan fingerprint density at radius 3 is 2.39 bits per heavy atom. The molecule has 5 heteroatoms. The van der Waals surface area contributed by atoms with E-state index in [9.17, 15) is 8.78 Å². The summed E-state index contributed by atoms with van der Waals surface area (Å²) in [4.78, 5) is 4.21. The van der Waals surface area contributed by atoms with Crippen molar-refractivity contribution >= 4 is 15.9 Å². The van der Waals surface area contributed by atoms with E-state index in [4.69, 9.17) is 5.73 Å². The van der Waals surface area contributed by atoms with E-state index in [-0.39, 0.29) is 18.3 Å². The molecule has 0 spiro atoms. The highest BCUT2D eigenvalue weighted by molar-refractivity contribution is 9.10. The maximum absolute atomic E-state index is 13.3. The van der Waals surface area contributed by atoms with Gasteiger partial charge in [0.05, 0.1) is 0 Å². The molecule has 1 aromatic heterocycles. The number of rotatable bonds is 3. The number of hydrogen-bond donors (Lipinski definition) is 1. The highest BCUT2D eigenvalue weighted by atomic mass is 79.9. The lowest BCUT2D eigenvalue weighted by molar-refractivity contribution is -0.0529. The molecule has 1 saturated carbocycles. The van der Waals surface area contributed by atoms with Crippen molar-refractivity contribution in [2.75, 3.05) is 6.54 Å². The second-order valence-electron chi connectivity index (χ2n) is 5.04. The number of hydrogen-bond acceptors (Lipinski definition) is 2. The van der Waals surface area contributed by atoms with Crippen LogP contribution in [0, 0.1) is 0 Å². The molecule has 0 radical (unpaired) electrons. The van der Waals surface area contributed by atoms with Crippen molar-refractivity contribution in [3.63, 3.8) is 0 Å². The van der Waals surface area contributed by atoms with Gasteiger partial charge in [0.25, 0.3) is 0 Å². The molecule has 2 N–H and O–H groups in total. The molecule has 1 aliphatic rings. The van der Waals surface area contributed by atoms with E-state index in [1.165, 1.54) is 0 Å². The molecule has 0 saturated heterocycles. The van der Waals surface area contributed by atoms with E-state index in [0.717, 1.165) is 16.6 Å². The van der Waals surface area contributed by atoms with Gasteiger partial charge in [0, 0.05) is 19.0 Å². The molecule has 1 heterocycles. The Kier molecular flexibility index (Phi) is 4.02. The predicted octanol–water partition coefficient (Wildman–Crippen LogP) is 3.64. The minimum Gasteiger partial charge on any atom is -0.330 e. The first kappa shape index (κ1) is 13.9. The summed E-state index contributed by atoms with van der Waals surface area (Å²) in [6.45, 7) is 0.516. The Morgan fingerprint density at radius 2 is 1.89 bits per heavy atom. The molecule has 100 valence electrons. The van der Waals surface area contributed by atoms with Gasteiger partial charge in [-0.2, -0.15) is 0 Å². The van der Waals surface area contributed by atoms with Crippen molar-refractivity contribution in [1.82, 2.24) is 4.98 Å². The summed E-state index contributed by atoms with van der Waals surface area (Å²) >= 11 is 3.29. The molecule has 1 aromatic rings. The summed E-state index contributed by atoms with van der Waals surface area (Å²) in [7, 11) is 0. The lowest BCUT2D eigenvalue weighted by Crippen LogP contribution is -2.38. The first-order valence-electron chi connectivity index (χ1n) is 6.17. The standard InChI is InChI=1S/C13H17BrF2N2/c14-11-2-1-10(9-18-11)12(7-8-17)3-5-13(15,16)6-4-12/h1-2,9H,3-8,17H2. The number of halogens is 3. The van der Waals surface area contributed by atoms with Crippen LogP contribution < -0.4 is 5.73 Å². The van der Waals surface area contributed by atoms with Crippen molar-refractivity contribution in [2.45, 2.75) is 43.4 Å². The molecular formula is C13H17BrF2N2. The number of aromatic nitrogens is 1. The number of nitrogens with two attached hydrogens (primary N) is 1. The molecular weight excluding hydrogens is 302 g/mol. The first-order chi connectivity index (χ1) is 8.47. The summed E-state index contributed by atoms with van der Waals surface area (Å²) in [5.74, 6) is -2.51. The van der Waals surface area contributed by atoms with Gasteiger partial charge in [-0.25, -0.2) is 13.8 Å². The van der Waals surface area contributed by atoms with Crippen LogP contribution in [0.25, 0.3) is 0 Å². The maximum Gasteiger partial charge on any atom is 0.248 e. The van der Waals surface area contributed by atoms with Crippen LogP contribution in [0.3, 0.4) is 0 Å². The second kappa shape index (κ2) is 5.21. The number of pyridine rings is 1. The molecule has 2 rings (SSSR count). The van der Waals surface area contributed by atoms with Crippen LogP contribution in [0.5, 0.6) is 0 Å². The van der Waals surface area contributed by atoms with Crippen LogP contribution in [0.2, 0.25) is 0 Å². The highest BCUT2D eigenvalue weighted by Crippen LogP contribution is 2.47. The third kappa shape index (κ3) is 2.88. The minimum absolute atomic E-state index is 0.0525. The molecule has 0 aliphatic heterocycles. The summed E-state index contributed by atoms with van der Waals surface area (Å²) in [6, 6.07) is 3.83. The molecule has 18 heavy (non-hydrogen) atoms. The smallest absolute Gasteiger partial charge is 0.248 e. The van der Waals surface area contributed by atoms with Crippen molar-refractivity contribution in [2.24, 2.45) is 5.73 Å². The van der Waals surface area contributed by atoms with E-state index >= 15 is 0 Å². The average molecular weight is 319 g/mol. The van der Waals surface area contributed by atoms with Crippen LogP contribution >= 0.6 is 15.9 Å². The third-order valence-electron chi connectivity index (χ3n) is 3.90. The predicted molar refractivity (Wildman–Crippen MR) is 70.7 cm³/mol. The molecule has 0 atom stereocenters. The van der Waals surface area contributed by atoms with E-state index < -0.39 is 5.92 Å². The van der Waals surface area contributed by atoms with Crippen molar-refractivity contribution in [3.05, 3.63) is 28.5 Å².